The van der Waals surface area contributed by atoms with Gasteiger partial charge in [-0.1, -0.05) is 0 Å². The molecule has 33 heavy (non-hydrogen) atoms. The lowest BCUT2D eigenvalue weighted by Crippen LogP contribution is -2.16. The number of halogens is 9. The minimum atomic E-state index is -5.64. The van der Waals surface area contributed by atoms with Gasteiger partial charge in [-0.05, 0) is 30.3 Å². The summed E-state index contributed by atoms with van der Waals surface area (Å²) in [5.74, 6) is -8.87. The highest BCUT2D eigenvalue weighted by molar-refractivity contribution is 5.58. The van der Waals surface area contributed by atoms with Gasteiger partial charge in [-0.25, -0.2) is 13.2 Å². The number of nitrogens with two attached hydrogens (primary N) is 2. The molecule has 176 valence electrons. The van der Waals surface area contributed by atoms with Crippen molar-refractivity contribution >= 4 is 11.4 Å². The Morgan fingerprint density at radius 3 is 1.42 bits per heavy atom. The highest BCUT2D eigenvalue weighted by atomic mass is 19.4. The molecule has 4 nitrogen and oxygen atoms in total. The topological polar surface area (TPSA) is 70.5 Å². The van der Waals surface area contributed by atoms with Crippen LogP contribution in [0.2, 0.25) is 0 Å². The van der Waals surface area contributed by atoms with Crippen molar-refractivity contribution in [2.45, 2.75) is 12.4 Å². The van der Waals surface area contributed by atoms with Crippen LogP contribution in [0.25, 0.3) is 0 Å². The van der Waals surface area contributed by atoms with E-state index in [9.17, 15) is 39.5 Å². The van der Waals surface area contributed by atoms with Gasteiger partial charge in [-0.15, -0.1) is 0 Å². The third-order valence-electron chi connectivity index (χ3n) is 4.15. The van der Waals surface area contributed by atoms with Crippen LogP contribution in [0.1, 0.15) is 11.1 Å². The normalized spacial score (nSPS) is 12.0. The van der Waals surface area contributed by atoms with Crippen molar-refractivity contribution in [3.8, 4) is 23.0 Å². The SMILES string of the molecule is Nc1cc(Oc2c(F)cc(C(F)(F)F)c(Oc3ccc(F)c(N)c3)c2C(F)(F)F)ccc1F. The van der Waals surface area contributed by atoms with Gasteiger partial charge in [-0.2, -0.15) is 26.3 Å². The van der Waals surface area contributed by atoms with Crippen LogP contribution in [0.5, 0.6) is 23.0 Å². The molecule has 0 saturated carbocycles. The molecule has 0 heterocycles. The summed E-state index contributed by atoms with van der Waals surface area (Å²) in [6, 6.07) is 3.92. The predicted octanol–water partition coefficient (Wildman–Crippen LogP) is 6.89. The Balaban J connectivity index is 2.28. The Kier molecular flexibility index (Phi) is 6.00. The van der Waals surface area contributed by atoms with Gasteiger partial charge in [0.1, 0.15) is 34.3 Å². The summed E-state index contributed by atoms with van der Waals surface area (Å²) in [6.45, 7) is 0. The first-order valence-electron chi connectivity index (χ1n) is 8.65. The Labute approximate surface area is 179 Å². The van der Waals surface area contributed by atoms with Crippen molar-refractivity contribution in [1.29, 1.82) is 0 Å². The van der Waals surface area contributed by atoms with Crippen LogP contribution in [0.15, 0.2) is 42.5 Å². The molecule has 0 radical (unpaired) electrons. The first kappa shape index (κ1) is 23.9. The van der Waals surface area contributed by atoms with Crippen LogP contribution in [0.3, 0.4) is 0 Å². The molecule has 0 aliphatic heterocycles. The zero-order valence-electron chi connectivity index (χ0n) is 15.9. The molecule has 0 aromatic heterocycles. The van der Waals surface area contributed by atoms with E-state index in [0.29, 0.717) is 24.3 Å². The van der Waals surface area contributed by atoms with Gasteiger partial charge >= 0.3 is 12.4 Å². The fourth-order valence-corrected chi connectivity index (χ4v) is 2.70. The first-order chi connectivity index (χ1) is 15.2. The highest BCUT2D eigenvalue weighted by Crippen LogP contribution is 2.52. The number of benzene rings is 3. The fourth-order valence-electron chi connectivity index (χ4n) is 2.70. The second-order valence-corrected chi connectivity index (χ2v) is 6.51. The lowest BCUT2D eigenvalue weighted by Gasteiger charge is -2.22. The summed E-state index contributed by atoms with van der Waals surface area (Å²) >= 11 is 0. The van der Waals surface area contributed by atoms with Gasteiger partial charge in [0, 0.05) is 12.1 Å². The Hall–Kier alpha value is -3.77. The summed E-state index contributed by atoms with van der Waals surface area (Å²) in [7, 11) is 0. The van der Waals surface area contributed by atoms with Crippen molar-refractivity contribution in [3.63, 3.8) is 0 Å². The maximum Gasteiger partial charge on any atom is 0.423 e. The molecular formula is C20H11F9N2O2. The number of rotatable bonds is 4. The van der Waals surface area contributed by atoms with Gasteiger partial charge in [0.05, 0.1) is 11.4 Å². The largest absolute Gasteiger partial charge is 0.456 e. The van der Waals surface area contributed by atoms with Crippen molar-refractivity contribution in [3.05, 3.63) is 71.0 Å². The van der Waals surface area contributed by atoms with Crippen LogP contribution in [-0.2, 0) is 12.4 Å². The minimum Gasteiger partial charge on any atom is -0.456 e. The van der Waals surface area contributed by atoms with E-state index < -0.39 is 75.3 Å². The predicted molar refractivity (Wildman–Crippen MR) is 98.2 cm³/mol. The Bertz CT molecular complexity index is 1210. The standard InChI is InChI=1S/C20H11F9N2O2/c21-11-3-1-8(5-14(11)30)32-17-10(19(24,25)26)7-13(23)18(16(17)20(27,28)29)33-9-2-4-12(22)15(31)6-9/h1-7H,30-31H2. The smallest absolute Gasteiger partial charge is 0.423 e. The van der Waals surface area contributed by atoms with Crippen LogP contribution >= 0.6 is 0 Å². The van der Waals surface area contributed by atoms with E-state index in [1.54, 1.807) is 0 Å². The first-order valence-corrected chi connectivity index (χ1v) is 8.65. The molecule has 0 fully saturated rings. The Morgan fingerprint density at radius 1 is 0.576 bits per heavy atom. The molecule has 3 aromatic carbocycles. The lowest BCUT2D eigenvalue weighted by molar-refractivity contribution is -0.146. The van der Waals surface area contributed by atoms with E-state index in [4.69, 9.17) is 20.9 Å². The quantitative estimate of drug-likeness (QED) is 0.314. The molecule has 13 heteroatoms. The maximum absolute atomic E-state index is 14.5. The van der Waals surface area contributed by atoms with E-state index in [1.807, 2.05) is 0 Å². The van der Waals surface area contributed by atoms with Crippen LogP contribution in [-0.4, -0.2) is 0 Å². The number of nitrogen functional groups attached to an aromatic ring is 2. The van der Waals surface area contributed by atoms with E-state index in [2.05, 4.69) is 0 Å². The summed E-state index contributed by atoms with van der Waals surface area (Å²) in [6.07, 6.45) is -11.1. The van der Waals surface area contributed by atoms with E-state index in [0.717, 1.165) is 12.1 Å². The van der Waals surface area contributed by atoms with E-state index >= 15 is 0 Å². The molecule has 4 N–H and O–H groups in total. The summed E-state index contributed by atoms with van der Waals surface area (Å²) in [4.78, 5) is 0. The average molecular weight is 482 g/mol. The molecule has 0 saturated heterocycles. The summed E-state index contributed by atoms with van der Waals surface area (Å²) in [5, 5.41) is 0. The van der Waals surface area contributed by atoms with Gasteiger partial charge in [0.25, 0.3) is 0 Å². The van der Waals surface area contributed by atoms with E-state index in [1.165, 1.54) is 0 Å². The number of hydrogen-bond acceptors (Lipinski definition) is 4. The zero-order chi connectivity index (χ0) is 24.7. The van der Waals surface area contributed by atoms with Crippen LogP contribution in [0.4, 0.5) is 50.9 Å². The van der Waals surface area contributed by atoms with Gasteiger partial charge in [-0.3, -0.25) is 0 Å². The average Bonchev–Trinajstić information content (AvgIpc) is 2.68. The third kappa shape index (κ3) is 5.02. The molecule has 0 spiro atoms. The summed E-state index contributed by atoms with van der Waals surface area (Å²) in [5.41, 5.74) is 4.97. The molecule has 0 aliphatic rings. The molecule has 0 bridgehead atoms. The molecule has 3 aromatic rings. The minimum absolute atomic E-state index is 0.264. The second kappa shape index (κ2) is 8.30. The zero-order valence-corrected chi connectivity index (χ0v) is 15.9. The fraction of sp³-hybridized carbons (Fsp3) is 0.100. The molecule has 0 unspecified atom stereocenters. The van der Waals surface area contributed by atoms with Gasteiger partial charge < -0.3 is 20.9 Å². The van der Waals surface area contributed by atoms with E-state index in [-0.39, 0.29) is 6.07 Å². The van der Waals surface area contributed by atoms with Crippen molar-refractivity contribution in [1.82, 2.24) is 0 Å². The monoisotopic (exact) mass is 482 g/mol. The molecule has 3 rings (SSSR count). The number of ether oxygens (including phenoxy) is 2. The lowest BCUT2D eigenvalue weighted by atomic mass is 10.1. The van der Waals surface area contributed by atoms with Gasteiger partial charge in [0.2, 0.25) is 0 Å². The summed E-state index contributed by atoms with van der Waals surface area (Å²) < 4.78 is 133. The number of hydrogen-bond donors (Lipinski definition) is 2. The van der Waals surface area contributed by atoms with Crippen LogP contribution < -0.4 is 20.9 Å². The molecule has 0 atom stereocenters. The highest BCUT2D eigenvalue weighted by Gasteiger charge is 2.47. The van der Waals surface area contributed by atoms with Crippen LogP contribution in [0, 0.1) is 17.5 Å². The number of alkyl halides is 6. The van der Waals surface area contributed by atoms with Crippen molar-refractivity contribution in [2.75, 3.05) is 11.5 Å². The van der Waals surface area contributed by atoms with Crippen molar-refractivity contribution < 1.29 is 49.0 Å². The van der Waals surface area contributed by atoms with Crippen molar-refractivity contribution in [2.24, 2.45) is 0 Å². The molecular weight excluding hydrogens is 471 g/mol. The number of anilines is 2. The third-order valence-corrected chi connectivity index (χ3v) is 4.15. The second-order valence-electron chi connectivity index (χ2n) is 6.51. The Morgan fingerprint density at radius 2 is 1.03 bits per heavy atom. The molecule has 0 aliphatic carbocycles. The maximum atomic E-state index is 14.5. The van der Waals surface area contributed by atoms with Gasteiger partial charge in [0.15, 0.2) is 17.3 Å². The molecule has 0 amide bonds.